The van der Waals surface area contributed by atoms with Crippen LogP contribution in [0.3, 0.4) is 0 Å². The van der Waals surface area contributed by atoms with Gasteiger partial charge in [0.1, 0.15) is 5.75 Å². The monoisotopic (exact) mass is 399 g/mol. The number of hydrogen-bond acceptors (Lipinski definition) is 4. The quantitative estimate of drug-likeness (QED) is 0.772. The molecule has 3 N–H and O–H groups in total. The van der Waals surface area contributed by atoms with Crippen LogP contribution in [0.4, 0.5) is 11.4 Å². The van der Waals surface area contributed by atoms with E-state index in [4.69, 9.17) is 10.5 Å². The first-order valence-electron chi connectivity index (χ1n) is 5.63. The third-order valence-electron chi connectivity index (χ3n) is 2.32. The number of carbonyl (C=O) groups excluding carboxylic acids is 1. The van der Waals surface area contributed by atoms with Crippen molar-refractivity contribution in [1.29, 1.82) is 0 Å². The fraction of sp³-hybridized carbons (Fsp3) is 0.0769. The zero-order valence-electron chi connectivity index (χ0n) is 10.3. The van der Waals surface area contributed by atoms with E-state index < -0.39 is 0 Å². The number of carbonyl (C=O) groups is 1. The number of ether oxygens (including phenoxy) is 1. The maximum absolute atomic E-state index is 11.8. The summed E-state index contributed by atoms with van der Waals surface area (Å²) in [6.45, 7) is -0.102. The molecular weight excluding hydrogens is 390 g/mol. The van der Waals surface area contributed by atoms with Gasteiger partial charge in [-0.25, -0.2) is 0 Å². The molecule has 0 saturated carbocycles. The predicted octanol–water partition coefficient (Wildman–Crippen LogP) is 3.21. The first-order chi connectivity index (χ1) is 9.54. The van der Waals surface area contributed by atoms with Crippen molar-refractivity contribution in [2.45, 2.75) is 0 Å². The van der Waals surface area contributed by atoms with E-state index >= 15 is 0 Å². The molecule has 2 aromatic rings. The van der Waals surface area contributed by atoms with Crippen LogP contribution in [0.25, 0.3) is 0 Å². The number of anilines is 2. The number of nitrogen functional groups attached to an aromatic ring is 1. The molecule has 7 heteroatoms. The molecule has 0 fully saturated rings. The third kappa shape index (κ3) is 4.21. The average Bonchev–Trinajstić information content (AvgIpc) is 2.40. The lowest BCUT2D eigenvalue weighted by Gasteiger charge is -2.09. The van der Waals surface area contributed by atoms with Crippen molar-refractivity contribution in [2.24, 2.45) is 0 Å². The molecule has 1 aromatic heterocycles. The van der Waals surface area contributed by atoms with Crippen molar-refractivity contribution in [3.05, 3.63) is 45.6 Å². The summed E-state index contributed by atoms with van der Waals surface area (Å²) in [5.41, 5.74) is 6.88. The highest BCUT2D eigenvalue weighted by molar-refractivity contribution is 9.10. The zero-order valence-corrected chi connectivity index (χ0v) is 13.4. The fourth-order valence-electron chi connectivity index (χ4n) is 1.44. The molecule has 1 amide bonds. The zero-order chi connectivity index (χ0) is 14.5. The van der Waals surface area contributed by atoms with E-state index in [-0.39, 0.29) is 12.5 Å². The van der Waals surface area contributed by atoms with Crippen LogP contribution in [-0.2, 0) is 4.79 Å². The van der Waals surface area contributed by atoms with Crippen molar-refractivity contribution in [3.63, 3.8) is 0 Å². The first-order valence-corrected chi connectivity index (χ1v) is 7.21. The van der Waals surface area contributed by atoms with Gasteiger partial charge < -0.3 is 15.8 Å². The summed E-state index contributed by atoms with van der Waals surface area (Å²) in [4.78, 5) is 15.7. The average molecular weight is 401 g/mol. The van der Waals surface area contributed by atoms with Gasteiger partial charge in [-0.2, -0.15) is 0 Å². The Morgan fingerprint density at radius 2 is 2.10 bits per heavy atom. The van der Waals surface area contributed by atoms with Crippen molar-refractivity contribution in [1.82, 2.24) is 4.98 Å². The largest absolute Gasteiger partial charge is 0.482 e. The Bertz CT molecular complexity index is 635. The van der Waals surface area contributed by atoms with Gasteiger partial charge in [0.2, 0.25) is 0 Å². The molecule has 0 aliphatic carbocycles. The van der Waals surface area contributed by atoms with Crippen LogP contribution in [0.15, 0.2) is 45.6 Å². The smallest absolute Gasteiger partial charge is 0.262 e. The van der Waals surface area contributed by atoms with Crippen LogP contribution in [-0.4, -0.2) is 17.5 Å². The lowest BCUT2D eigenvalue weighted by molar-refractivity contribution is -0.118. The predicted molar refractivity (Wildman–Crippen MR) is 84.6 cm³/mol. The highest BCUT2D eigenvalue weighted by Crippen LogP contribution is 2.24. The van der Waals surface area contributed by atoms with E-state index in [1.54, 1.807) is 30.5 Å². The van der Waals surface area contributed by atoms with Gasteiger partial charge in [-0.15, -0.1) is 0 Å². The minimum atomic E-state index is -0.268. The molecule has 0 radical (unpaired) electrons. The Morgan fingerprint density at radius 3 is 2.80 bits per heavy atom. The molecular formula is C13H11Br2N3O2. The highest BCUT2D eigenvalue weighted by atomic mass is 79.9. The van der Waals surface area contributed by atoms with Gasteiger partial charge >= 0.3 is 0 Å². The summed E-state index contributed by atoms with van der Waals surface area (Å²) in [5.74, 6) is 0.251. The lowest BCUT2D eigenvalue weighted by Crippen LogP contribution is -2.20. The maximum atomic E-state index is 11.8. The first kappa shape index (κ1) is 14.8. The van der Waals surface area contributed by atoms with Gasteiger partial charge in [0.15, 0.2) is 6.61 Å². The summed E-state index contributed by atoms with van der Waals surface area (Å²) in [7, 11) is 0. The van der Waals surface area contributed by atoms with Crippen molar-refractivity contribution in [3.8, 4) is 5.75 Å². The van der Waals surface area contributed by atoms with E-state index in [0.29, 0.717) is 17.1 Å². The number of benzene rings is 1. The van der Waals surface area contributed by atoms with Crippen molar-refractivity contribution >= 4 is 49.1 Å². The Kier molecular flexibility index (Phi) is 4.97. The third-order valence-corrected chi connectivity index (χ3v) is 3.41. The molecule has 0 unspecified atom stereocenters. The number of nitrogens with two attached hydrogens (primary N) is 1. The molecule has 5 nitrogen and oxygen atoms in total. The number of aromatic nitrogens is 1. The molecule has 104 valence electrons. The Morgan fingerprint density at radius 1 is 1.30 bits per heavy atom. The topological polar surface area (TPSA) is 77.2 Å². The van der Waals surface area contributed by atoms with Gasteiger partial charge in [0.25, 0.3) is 5.91 Å². The molecule has 1 heterocycles. The summed E-state index contributed by atoms with van der Waals surface area (Å²) < 4.78 is 6.85. The second-order valence-electron chi connectivity index (χ2n) is 3.91. The molecule has 0 aliphatic rings. The molecule has 20 heavy (non-hydrogen) atoms. The van der Waals surface area contributed by atoms with Crippen LogP contribution in [0.1, 0.15) is 0 Å². The van der Waals surface area contributed by atoms with Crippen LogP contribution in [0, 0.1) is 0 Å². The number of amides is 1. The summed E-state index contributed by atoms with van der Waals surface area (Å²) >= 11 is 6.61. The van der Waals surface area contributed by atoms with Gasteiger partial charge in [0.05, 0.1) is 11.9 Å². The molecule has 1 aromatic carbocycles. The highest BCUT2D eigenvalue weighted by Gasteiger charge is 2.07. The molecule has 0 atom stereocenters. The Hall–Kier alpha value is -1.60. The van der Waals surface area contributed by atoms with Gasteiger partial charge in [-0.05, 0) is 56.1 Å². The van der Waals surface area contributed by atoms with Gasteiger partial charge in [-0.3, -0.25) is 9.78 Å². The minimum absolute atomic E-state index is 0.102. The standard InChI is InChI=1S/C13H11Br2N3O2/c14-8-3-10(6-17-5-8)20-7-13(19)18-12-2-1-9(16)4-11(12)15/h1-6H,7,16H2,(H,18,19). The summed E-state index contributed by atoms with van der Waals surface area (Å²) in [5, 5.41) is 2.72. The molecule has 0 aliphatic heterocycles. The van der Waals surface area contributed by atoms with E-state index in [0.717, 1.165) is 8.95 Å². The summed E-state index contributed by atoms with van der Waals surface area (Å²) in [6.07, 6.45) is 3.18. The molecule has 2 rings (SSSR count). The van der Waals surface area contributed by atoms with Crippen LogP contribution in [0.5, 0.6) is 5.75 Å². The summed E-state index contributed by atoms with van der Waals surface area (Å²) in [6, 6.07) is 6.88. The van der Waals surface area contributed by atoms with E-state index in [2.05, 4.69) is 42.2 Å². The Balaban J connectivity index is 1.92. The lowest BCUT2D eigenvalue weighted by atomic mass is 10.3. The van der Waals surface area contributed by atoms with Crippen LogP contribution in [0.2, 0.25) is 0 Å². The number of nitrogens with zero attached hydrogens (tertiary/aromatic N) is 1. The van der Waals surface area contributed by atoms with Crippen LogP contribution < -0.4 is 15.8 Å². The maximum Gasteiger partial charge on any atom is 0.262 e. The second kappa shape index (κ2) is 6.71. The van der Waals surface area contributed by atoms with E-state index in [9.17, 15) is 4.79 Å². The molecule has 0 saturated heterocycles. The minimum Gasteiger partial charge on any atom is -0.482 e. The van der Waals surface area contributed by atoms with E-state index in [1.165, 1.54) is 6.20 Å². The fourth-order valence-corrected chi connectivity index (χ4v) is 2.28. The second-order valence-corrected chi connectivity index (χ2v) is 5.69. The molecule has 0 spiro atoms. The number of nitrogens with one attached hydrogen (secondary N) is 1. The Labute approximate surface area is 132 Å². The van der Waals surface area contributed by atoms with Crippen molar-refractivity contribution in [2.75, 3.05) is 17.7 Å². The number of pyridine rings is 1. The SMILES string of the molecule is Nc1ccc(NC(=O)COc2cncc(Br)c2)c(Br)c1. The van der Waals surface area contributed by atoms with Crippen LogP contribution >= 0.6 is 31.9 Å². The number of rotatable bonds is 4. The van der Waals surface area contributed by atoms with E-state index in [1.807, 2.05) is 0 Å². The normalized spacial score (nSPS) is 10.1. The number of halogens is 2. The van der Waals surface area contributed by atoms with Crippen molar-refractivity contribution < 1.29 is 9.53 Å². The molecule has 0 bridgehead atoms. The van der Waals surface area contributed by atoms with Gasteiger partial charge in [-0.1, -0.05) is 0 Å². The van der Waals surface area contributed by atoms with Gasteiger partial charge in [0, 0.05) is 20.8 Å². The number of hydrogen-bond donors (Lipinski definition) is 2.